The summed E-state index contributed by atoms with van der Waals surface area (Å²) in [4.78, 5) is 4.65. The van der Waals surface area contributed by atoms with Gasteiger partial charge in [-0.15, -0.1) is 34.2 Å². The third kappa shape index (κ3) is 7.85. The fourth-order valence-corrected chi connectivity index (χ4v) is 3.80. The normalized spacial score (nSPS) is 14.8. The number of aryl methyl sites for hydroxylation is 1. The summed E-state index contributed by atoms with van der Waals surface area (Å²) in [6.07, 6.45) is 9.07. The molecule has 0 aromatic carbocycles. The average Bonchev–Trinajstić information content (AvgIpc) is 2.87. The fourth-order valence-electron chi connectivity index (χ4n) is 3.80. The molecular weight excluding hydrogens is 467 g/mol. The zero-order chi connectivity index (χ0) is 19.5. The van der Waals surface area contributed by atoms with Crippen molar-refractivity contribution in [1.29, 1.82) is 0 Å². The van der Waals surface area contributed by atoms with Crippen molar-refractivity contribution in [1.82, 2.24) is 25.4 Å². The monoisotopic (exact) mass is 506 g/mol. The van der Waals surface area contributed by atoms with Gasteiger partial charge in [0, 0.05) is 32.5 Å². The predicted molar refractivity (Wildman–Crippen MR) is 125 cm³/mol. The van der Waals surface area contributed by atoms with Crippen LogP contribution in [0.25, 0.3) is 0 Å². The van der Waals surface area contributed by atoms with Crippen LogP contribution < -0.4 is 10.6 Å². The first-order chi connectivity index (χ1) is 13.1. The SMILES string of the molecule is CCCC(O)(CCC)CN=C(NCC)NCCc1nnc2n1CCCCC2.I. The van der Waals surface area contributed by atoms with E-state index in [9.17, 15) is 5.11 Å². The number of halogens is 1. The van der Waals surface area contributed by atoms with E-state index >= 15 is 0 Å². The van der Waals surface area contributed by atoms with Crippen molar-refractivity contribution < 1.29 is 5.11 Å². The summed E-state index contributed by atoms with van der Waals surface area (Å²) in [5.74, 6) is 2.95. The lowest BCUT2D eigenvalue weighted by Gasteiger charge is -2.26. The molecule has 162 valence electrons. The molecule has 7 nitrogen and oxygen atoms in total. The van der Waals surface area contributed by atoms with E-state index in [0.717, 1.165) is 75.8 Å². The fraction of sp³-hybridized carbons (Fsp3) is 0.850. The number of guanidine groups is 1. The highest BCUT2D eigenvalue weighted by Gasteiger charge is 2.24. The Bertz CT molecular complexity index is 583. The molecule has 0 saturated carbocycles. The second kappa shape index (κ2) is 13.3. The van der Waals surface area contributed by atoms with E-state index in [4.69, 9.17) is 0 Å². The minimum absolute atomic E-state index is 0. The van der Waals surface area contributed by atoms with Crippen molar-refractivity contribution in [2.75, 3.05) is 19.6 Å². The molecule has 8 heteroatoms. The lowest BCUT2D eigenvalue weighted by molar-refractivity contribution is 0.0306. The van der Waals surface area contributed by atoms with Gasteiger partial charge in [0.2, 0.25) is 0 Å². The van der Waals surface area contributed by atoms with Gasteiger partial charge in [-0.3, -0.25) is 4.99 Å². The Kier molecular flexibility index (Phi) is 12.0. The lowest BCUT2D eigenvalue weighted by atomic mass is 9.93. The summed E-state index contributed by atoms with van der Waals surface area (Å²) < 4.78 is 2.29. The smallest absolute Gasteiger partial charge is 0.191 e. The number of hydrogen-bond acceptors (Lipinski definition) is 4. The summed E-state index contributed by atoms with van der Waals surface area (Å²) in [6.45, 7) is 9.29. The predicted octanol–water partition coefficient (Wildman–Crippen LogP) is 3.05. The van der Waals surface area contributed by atoms with Gasteiger partial charge < -0.3 is 20.3 Å². The Morgan fingerprint density at radius 2 is 1.86 bits per heavy atom. The van der Waals surface area contributed by atoms with Gasteiger partial charge >= 0.3 is 0 Å². The van der Waals surface area contributed by atoms with Crippen molar-refractivity contribution in [3.63, 3.8) is 0 Å². The van der Waals surface area contributed by atoms with Crippen LogP contribution in [0.3, 0.4) is 0 Å². The zero-order valence-electron chi connectivity index (χ0n) is 17.8. The first kappa shape index (κ1) is 25.1. The molecule has 1 aromatic rings. The molecule has 1 aliphatic heterocycles. The summed E-state index contributed by atoms with van der Waals surface area (Å²) in [5, 5.41) is 26.2. The van der Waals surface area contributed by atoms with Crippen LogP contribution in [0.5, 0.6) is 0 Å². The molecule has 1 aromatic heterocycles. The Morgan fingerprint density at radius 3 is 2.54 bits per heavy atom. The number of nitrogens with zero attached hydrogens (tertiary/aromatic N) is 4. The highest BCUT2D eigenvalue weighted by molar-refractivity contribution is 14.0. The van der Waals surface area contributed by atoms with Gasteiger partial charge in [-0.1, -0.05) is 33.1 Å². The molecule has 0 radical (unpaired) electrons. The molecular formula is C20H39IN6O. The second-order valence-corrected chi connectivity index (χ2v) is 7.59. The van der Waals surface area contributed by atoms with E-state index in [1.807, 2.05) is 0 Å². The van der Waals surface area contributed by atoms with Crippen molar-refractivity contribution >= 4 is 29.9 Å². The first-order valence-electron chi connectivity index (χ1n) is 10.8. The average molecular weight is 506 g/mol. The van der Waals surface area contributed by atoms with Gasteiger partial charge in [-0.2, -0.15) is 0 Å². The highest BCUT2D eigenvalue weighted by atomic mass is 127. The van der Waals surface area contributed by atoms with Crippen molar-refractivity contribution in [2.24, 2.45) is 4.99 Å². The van der Waals surface area contributed by atoms with Gasteiger partial charge in [0.15, 0.2) is 5.96 Å². The minimum atomic E-state index is -0.698. The summed E-state index contributed by atoms with van der Waals surface area (Å²) in [6, 6.07) is 0. The minimum Gasteiger partial charge on any atom is -0.388 e. The van der Waals surface area contributed by atoms with Crippen LogP contribution in [-0.4, -0.2) is 51.1 Å². The standard InChI is InChI=1S/C20H38N6O.HI/c1-4-12-20(27,13-5-2)16-23-19(21-6-3)22-14-11-18-25-24-17-10-8-7-9-15-26(17)18;/h27H,4-16H2,1-3H3,(H2,21,22,23);1H. The Balaban J connectivity index is 0.00000392. The van der Waals surface area contributed by atoms with Crippen molar-refractivity contribution in [3.05, 3.63) is 11.6 Å². The third-order valence-electron chi connectivity index (χ3n) is 5.13. The Morgan fingerprint density at radius 1 is 1.11 bits per heavy atom. The number of aliphatic hydroxyl groups is 1. The molecule has 0 fully saturated rings. The quantitative estimate of drug-likeness (QED) is 0.258. The van der Waals surface area contributed by atoms with Gasteiger partial charge in [-0.25, -0.2) is 0 Å². The molecule has 28 heavy (non-hydrogen) atoms. The molecule has 1 aliphatic rings. The van der Waals surface area contributed by atoms with Crippen LogP contribution in [0, 0.1) is 0 Å². The number of fused-ring (bicyclic) bond motifs is 1. The van der Waals surface area contributed by atoms with E-state index < -0.39 is 5.60 Å². The molecule has 0 saturated heterocycles. The van der Waals surface area contributed by atoms with Crippen LogP contribution in [0.1, 0.15) is 77.4 Å². The number of hydrogen-bond donors (Lipinski definition) is 3. The summed E-state index contributed by atoms with van der Waals surface area (Å²) in [7, 11) is 0. The van der Waals surface area contributed by atoms with Crippen LogP contribution in [-0.2, 0) is 19.4 Å². The summed E-state index contributed by atoms with van der Waals surface area (Å²) in [5.41, 5.74) is -0.698. The van der Waals surface area contributed by atoms with E-state index in [0.29, 0.717) is 6.54 Å². The van der Waals surface area contributed by atoms with Crippen LogP contribution in [0.15, 0.2) is 4.99 Å². The third-order valence-corrected chi connectivity index (χ3v) is 5.13. The molecule has 3 N–H and O–H groups in total. The van der Waals surface area contributed by atoms with E-state index in [1.54, 1.807) is 0 Å². The number of aromatic nitrogens is 3. The van der Waals surface area contributed by atoms with Crippen molar-refractivity contribution in [3.8, 4) is 0 Å². The van der Waals surface area contributed by atoms with E-state index in [1.165, 1.54) is 19.3 Å². The van der Waals surface area contributed by atoms with E-state index in [-0.39, 0.29) is 24.0 Å². The largest absolute Gasteiger partial charge is 0.388 e. The van der Waals surface area contributed by atoms with Gasteiger partial charge in [0.05, 0.1) is 12.1 Å². The molecule has 2 rings (SSSR count). The van der Waals surface area contributed by atoms with Crippen LogP contribution >= 0.6 is 24.0 Å². The molecule has 0 atom stereocenters. The van der Waals surface area contributed by atoms with Crippen LogP contribution in [0.2, 0.25) is 0 Å². The maximum absolute atomic E-state index is 10.8. The second-order valence-electron chi connectivity index (χ2n) is 7.59. The Hall–Kier alpha value is -0.900. The lowest BCUT2D eigenvalue weighted by Crippen LogP contribution is -2.41. The van der Waals surface area contributed by atoms with Crippen molar-refractivity contribution in [2.45, 2.75) is 90.7 Å². The maximum atomic E-state index is 10.8. The Labute approximate surface area is 187 Å². The molecule has 2 heterocycles. The number of rotatable bonds is 10. The zero-order valence-corrected chi connectivity index (χ0v) is 20.2. The van der Waals surface area contributed by atoms with Gasteiger partial charge in [0.25, 0.3) is 0 Å². The topological polar surface area (TPSA) is 87.4 Å². The van der Waals surface area contributed by atoms with Crippen LogP contribution in [0.4, 0.5) is 0 Å². The number of nitrogens with one attached hydrogen (secondary N) is 2. The maximum Gasteiger partial charge on any atom is 0.191 e. The molecule has 0 amide bonds. The summed E-state index contributed by atoms with van der Waals surface area (Å²) >= 11 is 0. The number of aliphatic imine (C=N–C) groups is 1. The highest BCUT2D eigenvalue weighted by Crippen LogP contribution is 2.20. The van der Waals surface area contributed by atoms with E-state index in [2.05, 4.69) is 51.2 Å². The molecule has 0 aliphatic carbocycles. The van der Waals surface area contributed by atoms with Gasteiger partial charge in [-0.05, 0) is 32.6 Å². The van der Waals surface area contributed by atoms with Gasteiger partial charge in [0.1, 0.15) is 11.6 Å². The molecule has 0 spiro atoms. The molecule has 0 bridgehead atoms. The molecule has 0 unspecified atom stereocenters. The first-order valence-corrected chi connectivity index (χ1v) is 10.8.